The molecule has 1 aromatic carbocycles. The zero-order valence-corrected chi connectivity index (χ0v) is 11.9. The van der Waals surface area contributed by atoms with Crippen LogP contribution in [0.5, 0.6) is 0 Å². The Morgan fingerprint density at radius 1 is 1.10 bits per heavy atom. The number of hydrogen-bond acceptors (Lipinski definition) is 3. The molecule has 0 atom stereocenters. The number of fused-ring (bicyclic) bond motifs is 1. The average Bonchev–Trinajstić information content (AvgIpc) is 2.89. The van der Waals surface area contributed by atoms with E-state index in [1.165, 1.54) is 15.7 Å². The molecule has 2 N–H and O–H groups in total. The maximum absolute atomic E-state index is 11.7. The molecule has 0 aliphatic carbocycles. The van der Waals surface area contributed by atoms with Crippen molar-refractivity contribution in [1.82, 2.24) is 19.5 Å². The van der Waals surface area contributed by atoms with E-state index in [0.29, 0.717) is 23.4 Å². The predicted molar refractivity (Wildman–Crippen MR) is 80.5 cm³/mol. The highest BCUT2D eigenvalue weighted by Gasteiger charge is 2.10. The quantitative estimate of drug-likeness (QED) is 0.754. The van der Waals surface area contributed by atoms with Gasteiger partial charge in [0.05, 0.1) is 0 Å². The van der Waals surface area contributed by atoms with Crippen LogP contribution in [-0.4, -0.2) is 19.5 Å². The summed E-state index contributed by atoms with van der Waals surface area (Å²) in [5.74, 6) is 0.706. The van der Waals surface area contributed by atoms with Crippen LogP contribution in [0.2, 0.25) is 0 Å². The number of aromatic nitrogens is 4. The first-order valence-corrected chi connectivity index (χ1v) is 6.78. The van der Waals surface area contributed by atoms with Gasteiger partial charge in [0.2, 0.25) is 0 Å². The topological polar surface area (TPSA) is 83.5 Å². The fraction of sp³-hybridized carbons (Fsp3) is 0.267. The lowest BCUT2D eigenvalue weighted by Crippen LogP contribution is -2.28. The van der Waals surface area contributed by atoms with Crippen LogP contribution in [0.25, 0.3) is 11.2 Å². The summed E-state index contributed by atoms with van der Waals surface area (Å²) >= 11 is 0. The van der Waals surface area contributed by atoms with Crippen molar-refractivity contribution in [3.05, 3.63) is 62.1 Å². The normalized spacial score (nSPS) is 11.1. The number of aromatic amines is 2. The van der Waals surface area contributed by atoms with Gasteiger partial charge in [-0.1, -0.05) is 29.8 Å². The fourth-order valence-corrected chi connectivity index (χ4v) is 2.29. The van der Waals surface area contributed by atoms with Crippen LogP contribution < -0.4 is 11.2 Å². The van der Waals surface area contributed by atoms with E-state index in [4.69, 9.17) is 0 Å². The van der Waals surface area contributed by atoms with E-state index in [1.807, 2.05) is 0 Å². The second-order valence-electron chi connectivity index (χ2n) is 5.19. The van der Waals surface area contributed by atoms with Crippen molar-refractivity contribution in [1.29, 1.82) is 0 Å². The number of aryl methyl sites for hydroxylation is 4. The molecule has 108 valence electrons. The van der Waals surface area contributed by atoms with Gasteiger partial charge in [-0.2, -0.15) is 0 Å². The highest BCUT2D eigenvalue weighted by molar-refractivity contribution is 5.69. The fourth-order valence-electron chi connectivity index (χ4n) is 2.29. The zero-order chi connectivity index (χ0) is 15.0. The molecule has 2 aromatic heterocycles. The number of nitrogens with one attached hydrogen (secondary N) is 2. The van der Waals surface area contributed by atoms with Crippen LogP contribution in [0, 0.1) is 6.92 Å². The lowest BCUT2D eigenvalue weighted by Gasteiger charge is -1.99. The first kappa shape index (κ1) is 13.4. The summed E-state index contributed by atoms with van der Waals surface area (Å²) in [4.78, 5) is 32.9. The van der Waals surface area contributed by atoms with Crippen LogP contribution >= 0.6 is 0 Å². The monoisotopic (exact) mass is 284 g/mol. The van der Waals surface area contributed by atoms with Crippen LogP contribution in [0.15, 0.2) is 33.9 Å². The minimum Gasteiger partial charge on any atom is -0.336 e. The van der Waals surface area contributed by atoms with Gasteiger partial charge in [-0.15, -0.1) is 0 Å². The van der Waals surface area contributed by atoms with Gasteiger partial charge in [0, 0.05) is 13.5 Å². The molecule has 0 bridgehead atoms. The highest BCUT2D eigenvalue weighted by Crippen LogP contribution is 2.09. The first-order chi connectivity index (χ1) is 10.0. The SMILES string of the molecule is Cc1ccc(CCc2nc3c([nH]2)c(=O)[nH]c(=O)n3C)cc1. The van der Waals surface area contributed by atoms with E-state index in [0.717, 1.165) is 6.42 Å². The molecular formula is C15H16N4O2. The third kappa shape index (κ3) is 2.52. The van der Waals surface area contributed by atoms with E-state index in [1.54, 1.807) is 7.05 Å². The van der Waals surface area contributed by atoms with Crippen LogP contribution in [-0.2, 0) is 19.9 Å². The van der Waals surface area contributed by atoms with Crippen molar-refractivity contribution in [2.75, 3.05) is 0 Å². The molecular weight excluding hydrogens is 268 g/mol. The number of H-pyrrole nitrogens is 2. The Morgan fingerprint density at radius 3 is 2.52 bits per heavy atom. The number of nitrogens with zero attached hydrogens (tertiary/aromatic N) is 2. The zero-order valence-electron chi connectivity index (χ0n) is 11.9. The van der Waals surface area contributed by atoms with E-state index in [-0.39, 0.29) is 0 Å². The Kier molecular flexibility index (Phi) is 3.21. The number of rotatable bonds is 3. The van der Waals surface area contributed by atoms with Gasteiger partial charge in [0.15, 0.2) is 5.65 Å². The van der Waals surface area contributed by atoms with Gasteiger partial charge in [0.25, 0.3) is 5.56 Å². The molecule has 0 aliphatic rings. The van der Waals surface area contributed by atoms with Crippen LogP contribution in [0.4, 0.5) is 0 Å². The van der Waals surface area contributed by atoms with Gasteiger partial charge < -0.3 is 4.98 Å². The van der Waals surface area contributed by atoms with Crippen molar-refractivity contribution < 1.29 is 0 Å². The Balaban J connectivity index is 1.90. The average molecular weight is 284 g/mol. The molecule has 21 heavy (non-hydrogen) atoms. The lowest BCUT2D eigenvalue weighted by molar-refractivity contribution is 0.827. The van der Waals surface area contributed by atoms with Gasteiger partial charge in [-0.3, -0.25) is 14.3 Å². The van der Waals surface area contributed by atoms with Crippen molar-refractivity contribution in [2.45, 2.75) is 19.8 Å². The second kappa shape index (κ2) is 5.05. The smallest absolute Gasteiger partial charge is 0.329 e. The standard InChI is InChI=1S/C15H16N4O2/c1-9-3-5-10(6-4-9)7-8-11-16-12-13(17-11)19(2)15(21)18-14(12)20/h3-6H,7-8H2,1-2H3,(H,16,17)(H,18,20,21). The minimum atomic E-state index is -0.455. The van der Waals surface area contributed by atoms with Crippen molar-refractivity contribution in [3.63, 3.8) is 0 Å². The van der Waals surface area contributed by atoms with Crippen LogP contribution in [0.1, 0.15) is 17.0 Å². The minimum absolute atomic E-state index is 0.344. The Bertz CT molecular complexity index is 900. The molecule has 0 amide bonds. The lowest BCUT2D eigenvalue weighted by atomic mass is 10.1. The van der Waals surface area contributed by atoms with E-state index in [2.05, 4.69) is 46.1 Å². The molecule has 3 aromatic rings. The maximum atomic E-state index is 11.7. The molecule has 6 heteroatoms. The molecule has 0 unspecified atom stereocenters. The molecule has 0 saturated carbocycles. The van der Waals surface area contributed by atoms with Crippen molar-refractivity contribution in [3.8, 4) is 0 Å². The van der Waals surface area contributed by atoms with E-state index in [9.17, 15) is 9.59 Å². The third-order valence-corrected chi connectivity index (χ3v) is 3.57. The Hall–Kier alpha value is -2.63. The van der Waals surface area contributed by atoms with Crippen LogP contribution in [0.3, 0.4) is 0 Å². The molecule has 6 nitrogen and oxygen atoms in total. The largest absolute Gasteiger partial charge is 0.336 e. The van der Waals surface area contributed by atoms with Gasteiger partial charge in [0.1, 0.15) is 11.3 Å². The Labute approximate surface area is 120 Å². The first-order valence-electron chi connectivity index (χ1n) is 6.78. The van der Waals surface area contributed by atoms with Crippen molar-refractivity contribution >= 4 is 11.2 Å². The highest BCUT2D eigenvalue weighted by atomic mass is 16.2. The summed E-state index contributed by atoms with van der Waals surface area (Å²) in [7, 11) is 1.59. The van der Waals surface area contributed by atoms with E-state index >= 15 is 0 Å². The summed E-state index contributed by atoms with van der Waals surface area (Å²) in [5.41, 5.74) is 2.29. The molecule has 0 fully saturated rings. The van der Waals surface area contributed by atoms with Gasteiger partial charge in [-0.25, -0.2) is 9.78 Å². The van der Waals surface area contributed by atoms with E-state index < -0.39 is 11.2 Å². The number of imidazole rings is 1. The van der Waals surface area contributed by atoms with Crippen molar-refractivity contribution in [2.24, 2.45) is 7.05 Å². The summed E-state index contributed by atoms with van der Waals surface area (Å²) in [5, 5.41) is 0. The molecule has 0 aliphatic heterocycles. The Morgan fingerprint density at radius 2 is 1.81 bits per heavy atom. The molecule has 0 saturated heterocycles. The van der Waals surface area contributed by atoms with Gasteiger partial charge >= 0.3 is 5.69 Å². The second-order valence-corrected chi connectivity index (χ2v) is 5.19. The number of hydrogen-bond donors (Lipinski definition) is 2. The summed E-state index contributed by atoms with van der Waals surface area (Å²) in [6, 6.07) is 8.31. The maximum Gasteiger partial charge on any atom is 0.329 e. The summed E-state index contributed by atoms with van der Waals surface area (Å²) in [6.45, 7) is 2.05. The predicted octanol–water partition coefficient (Wildman–Crippen LogP) is 1.04. The summed E-state index contributed by atoms with van der Waals surface area (Å²) in [6.07, 6.45) is 1.51. The number of benzene rings is 1. The van der Waals surface area contributed by atoms with Gasteiger partial charge in [-0.05, 0) is 18.9 Å². The molecule has 3 rings (SSSR count). The molecule has 0 radical (unpaired) electrons. The molecule has 0 spiro atoms. The third-order valence-electron chi connectivity index (χ3n) is 3.57. The summed E-state index contributed by atoms with van der Waals surface area (Å²) < 4.78 is 1.34. The molecule has 2 heterocycles.